The van der Waals surface area contributed by atoms with Crippen molar-refractivity contribution in [1.82, 2.24) is 19.2 Å². The molecule has 0 bridgehead atoms. The highest BCUT2D eigenvalue weighted by atomic mass is 35.5. The number of nitrogens with zero attached hydrogens (tertiary/aromatic N) is 2. The van der Waals surface area contributed by atoms with Gasteiger partial charge in [-0.2, -0.15) is 4.72 Å². The van der Waals surface area contributed by atoms with E-state index in [0.29, 0.717) is 54.9 Å². The molecule has 1 aromatic heterocycles. The van der Waals surface area contributed by atoms with Gasteiger partial charge in [-0.25, -0.2) is 21.6 Å². The number of thiophene rings is 1. The van der Waals surface area contributed by atoms with Crippen molar-refractivity contribution < 1.29 is 31.2 Å². The van der Waals surface area contributed by atoms with Crippen molar-refractivity contribution in [1.29, 1.82) is 0 Å². The van der Waals surface area contributed by atoms with Crippen molar-refractivity contribution >= 4 is 76.5 Å². The summed E-state index contributed by atoms with van der Waals surface area (Å²) in [6.45, 7) is 1.85. The summed E-state index contributed by atoms with van der Waals surface area (Å²) in [6, 6.07) is 11.0. The number of nitrogens with one attached hydrogen (secondary N) is 3. The van der Waals surface area contributed by atoms with Gasteiger partial charge in [0.25, 0.3) is 10.0 Å². The quantitative estimate of drug-likeness (QED) is 0.296. The van der Waals surface area contributed by atoms with Crippen molar-refractivity contribution in [2.24, 2.45) is 0 Å². The first-order chi connectivity index (χ1) is 20.8. The molecule has 0 spiro atoms. The van der Waals surface area contributed by atoms with Crippen LogP contribution in [-0.4, -0.2) is 82.6 Å². The fraction of sp³-hybridized carbons (Fsp3) is 0.393. The summed E-state index contributed by atoms with van der Waals surface area (Å²) in [7, 11) is -7.87. The summed E-state index contributed by atoms with van der Waals surface area (Å²) in [5.41, 5.74) is 0.469. The molecule has 3 heterocycles. The number of carbonyl (C=O) groups is 3. The van der Waals surface area contributed by atoms with Crippen molar-refractivity contribution in [3.8, 4) is 0 Å². The van der Waals surface area contributed by atoms with E-state index in [0.717, 1.165) is 16.0 Å². The molecule has 44 heavy (non-hydrogen) atoms. The van der Waals surface area contributed by atoms with Gasteiger partial charge in [0, 0.05) is 48.0 Å². The van der Waals surface area contributed by atoms with Crippen LogP contribution in [0.15, 0.2) is 57.6 Å². The number of hydrogen-bond acceptors (Lipinski definition) is 8. The van der Waals surface area contributed by atoms with E-state index in [1.807, 2.05) is 0 Å². The Labute approximate surface area is 264 Å². The third kappa shape index (κ3) is 7.41. The zero-order chi connectivity index (χ0) is 31.6. The first-order valence-corrected chi connectivity index (χ1v) is 18.2. The normalized spacial score (nSPS) is 19.5. The number of sulfonamides is 2. The van der Waals surface area contributed by atoms with Crippen molar-refractivity contribution in [2.75, 3.05) is 31.5 Å². The average molecular weight is 682 g/mol. The number of amides is 3. The molecule has 3 N–H and O–H groups in total. The molecule has 3 aromatic rings. The highest BCUT2D eigenvalue weighted by molar-refractivity contribution is 7.91. The van der Waals surface area contributed by atoms with Crippen molar-refractivity contribution in [2.45, 2.75) is 53.8 Å². The van der Waals surface area contributed by atoms with Gasteiger partial charge in [0.15, 0.2) is 0 Å². The Balaban J connectivity index is 1.18. The second kappa shape index (κ2) is 13.1. The Bertz CT molecular complexity index is 1800. The highest BCUT2D eigenvalue weighted by Crippen LogP contribution is 2.31. The second-order valence-electron chi connectivity index (χ2n) is 10.8. The van der Waals surface area contributed by atoms with E-state index in [4.69, 9.17) is 11.6 Å². The molecule has 2 aromatic carbocycles. The maximum absolute atomic E-state index is 13.3. The molecule has 236 valence electrons. The lowest BCUT2D eigenvalue weighted by Crippen LogP contribution is -2.55. The number of carbonyl (C=O) groups excluding carboxylic acids is 3. The topological polar surface area (TPSA) is 162 Å². The van der Waals surface area contributed by atoms with Gasteiger partial charge < -0.3 is 15.1 Å². The second-order valence-corrected chi connectivity index (χ2v) is 16.0. The number of piperidine rings is 1. The minimum atomic E-state index is -4.00. The zero-order valence-corrected chi connectivity index (χ0v) is 27.0. The molecule has 2 aliphatic rings. The van der Waals surface area contributed by atoms with Crippen molar-refractivity contribution in [3.05, 3.63) is 53.6 Å². The standard InChI is InChI=1S/C28H32ClN5O7S3/c1-18(35)31-21-7-9-23(10-8-21)43(38,39)30-16-22-4-2-13-34(22)26(36)17-33-12-3-5-24(28(33)37)32-44(40,41)27-15-19-14-20(29)6-11-25(19)42-27/h6-11,14-15,22,24,30,32H,2-5,12-13,16-17H2,1H3,(H,31,35). The molecular formula is C28H32ClN5O7S3. The monoisotopic (exact) mass is 681 g/mol. The molecule has 2 fully saturated rings. The third-order valence-electron chi connectivity index (χ3n) is 7.57. The molecule has 3 amide bonds. The molecule has 5 rings (SSSR count). The van der Waals surface area contributed by atoms with Crippen LogP contribution in [0.3, 0.4) is 0 Å². The molecule has 12 nitrogen and oxygen atoms in total. The molecular weight excluding hydrogens is 650 g/mol. The SMILES string of the molecule is CC(=O)Nc1ccc(S(=O)(=O)NCC2CCCN2C(=O)CN2CCCC(NS(=O)(=O)c3cc4cc(Cl)ccc4s3)C2=O)cc1. The van der Waals surface area contributed by atoms with Crippen LogP contribution in [0.4, 0.5) is 5.69 Å². The van der Waals surface area contributed by atoms with Gasteiger partial charge in [-0.05, 0) is 79.6 Å². The van der Waals surface area contributed by atoms with E-state index in [2.05, 4.69) is 14.8 Å². The Morgan fingerprint density at radius 2 is 1.70 bits per heavy atom. The maximum atomic E-state index is 13.3. The van der Waals surface area contributed by atoms with Gasteiger partial charge in [-0.1, -0.05) is 11.6 Å². The first-order valence-electron chi connectivity index (χ1n) is 14.0. The van der Waals surface area contributed by atoms with Crippen LogP contribution in [0.25, 0.3) is 10.1 Å². The molecule has 2 unspecified atom stereocenters. The summed E-state index contributed by atoms with van der Waals surface area (Å²) < 4.78 is 57.9. The number of rotatable bonds is 10. The van der Waals surface area contributed by atoms with E-state index in [1.165, 1.54) is 42.2 Å². The minimum Gasteiger partial charge on any atom is -0.337 e. The number of benzene rings is 2. The first kappa shape index (κ1) is 32.3. The molecule has 16 heteroatoms. The minimum absolute atomic E-state index is 0.00172. The third-order valence-corrected chi connectivity index (χ3v) is 12.3. The lowest BCUT2D eigenvalue weighted by atomic mass is 10.1. The zero-order valence-electron chi connectivity index (χ0n) is 23.8. The fourth-order valence-electron chi connectivity index (χ4n) is 5.41. The summed E-state index contributed by atoms with van der Waals surface area (Å²) >= 11 is 7.11. The Hall–Kier alpha value is -3.08. The van der Waals surface area contributed by atoms with Gasteiger partial charge in [0.2, 0.25) is 27.7 Å². The van der Waals surface area contributed by atoms with Crippen molar-refractivity contribution in [3.63, 3.8) is 0 Å². The fourth-order valence-corrected chi connectivity index (χ4v) is 9.29. The number of fused-ring (bicyclic) bond motifs is 1. The van der Waals surface area contributed by atoms with E-state index in [1.54, 1.807) is 23.1 Å². The van der Waals surface area contributed by atoms with E-state index in [-0.39, 0.29) is 34.0 Å². The predicted molar refractivity (Wildman–Crippen MR) is 167 cm³/mol. The van der Waals surface area contributed by atoms with Crippen LogP contribution in [0.5, 0.6) is 0 Å². The Morgan fingerprint density at radius 1 is 0.977 bits per heavy atom. The van der Waals surface area contributed by atoms with E-state index >= 15 is 0 Å². The highest BCUT2D eigenvalue weighted by Gasteiger charge is 2.36. The van der Waals surface area contributed by atoms with E-state index in [9.17, 15) is 31.2 Å². The smallest absolute Gasteiger partial charge is 0.250 e. The average Bonchev–Trinajstić information content (AvgIpc) is 3.61. The largest absolute Gasteiger partial charge is 0.337 e. The van der Waals surface area contributed by atoms with Gasteiger partial charge >= 0.3 is 0 Å². The Kier molecular flexibility index (Phi) is 9.63. The summed E-state index contributed by atoms with van der Waals surface area (Å²) in [5.74, 6) is -1.08. The van der Waals surface area contributed by atoms with Crippen LogP contribution in [0.1, 0.15) is 32.6 Å². The molecule has 0 aliphatic carbocycles. The predicted octanol–water partition coefficient (Wildman–Crippen LogP) is 2.75. The van der Waals surface area contributed by atoms with Crippen LogP contribution < -0.4 is 14.8 Å². The summed E-state index contributed by atoms with van der Waals surface area (Å²) in [5, 5.41) is 3.75. The van der Waals surface area contributed by atoms with Crippen LogP contribution >= 0.6 is 22.9 Å². The van der Waals surface area contributed by atoms with Gasteiger partial charge in [0.05, 0.1) is 11.4 Å². The van der Waals surface area contributed by atoms with Crippen LogP contribution in [0, 0.1) is 0 Å². The van der Waals surface area contributed by atoms with Gasteiger partial charge in [0.1, 0.15) is 10.3 Å². The lowest BCUT2D eigenvalue weighted by Gasteiger charge is -2.34. The molecule has 0 saturated carbocycles. The molecule has 2 saturated heterocycles. The summed E-state index contributed by atoms with van der Waals surface area (Å²) in [4.78, 5) is 40.8. The molecule has 2 aliphatic heterocycles. The summed E-state index contributed by atoms with van der Waals surface area (Å²) in [6.07, 6.45) is 2.09. The number of halogens is 1. The van der Waals surface area contributed by atoms with Crippen LogP contribution in [-0.2, 0) is 34.4 Å². The van der Waals surface area contributed by atoms with Crippen LogP contribution in [0.2, 0.25) is 5.02 Å². The van der Waals surface area contributed by atoms with Gasteiger partial charge in [-0.3, -0.25) is 14.4 Å². The number of likely N-dealkylation sites (tertiary alicyclic amines) is 2. The lowest BCUT2D eigenvalue weighted by molar-refractivity contribution is -0.143. The van der Waals surface area contributed by atoms with Gasteiger partial charge in [-0.15, -0.1) is 11.3 Å². The molecule has 0 radical (unpaired) electrons. The number of anilines is 1. The molecule has 2 atom stereocenters. The number of hydrogen-bond donors (Lipinski definition) is 3. The van der Waals surface area contributed by atoms with E-state index < -0.39 is 38.0 Å². The Morgan fingerprint density at radius 3 is 2.43 bits per heavy atom. The maximum Gasteiger partial charge on any atom is 0.250 e.